The van der Waals surface area contributed by atoms with E-state index in [2.05, 4.69) is 36.9 Å². The molecule has 0 spiro atoms. The van der Waals surface area contributed by atoms with Crippen LogP contribution in [0, 0.1) is 12.8 Å². The molecular formula is C16H25ClN2. The highest BCUT2D eigenvalue weighted by Gasteiger charge is 2.31. The first kappa shape index (κ1) is 14.8. The molecule has 2 rings (SSSR count). The van der Waals surface area contributed by atoms with Crippen LogP contribution < -0.4 is 5.73 Å². The van der Waals surface area contributed by atoms with Gasteiger partial charge in [-0.3, -0.25) is 4.90 Å². The maximum Gasteiger partial charge on any atom is 0.0438 e. The summed E-state index contributed by atoms with van der Waals surface area (Å²) in [5, 5.41) is 0.871. The second-order valence-electron chi connectivity index (χ2n) is 5.63. The Balaban J connectivity index is 2.30. The molecule has 1 aromatic carbocycles. The van der Waals surface area contributed by atoms with Crippen molar-refractivity contribution >= 4 is 11.6 Å². The number of piperidine rings is 1. The summed E-state index contributed by atoms with van der Waals surface area (Å²) in [6, 6.07) is 6.93. The van der Waals surface area contributed by atoms with E-state index in [1.165, 1.54) is 31.4 Å². The predicted molar refractivity (Wildman–Crippen MR) is 82.6 cm³/mol. The van der Waals surface area contributed by atoms with Gasteiger partial charge in [0.1, 0.15) is 0 Å². The highest BCUT2D eigenvalue weighted by atomic mass is 35.5. The van der Waals surface area contributed by atoms with E-state index in [0.717, 1.165) is 23.7 Å². The largest absolute Gasteiger partial charge is 0.330 e. The van der Waals surface area contributed by atoms with Crippen LogP contribution in [-0.2, 0) is 0 Å². The zero-order chi connectivity index (χ0) is 13.8. The maximum absolute atomic E-state index is 6.30. The Morgan fingerprint density at radius 1 is 1.42 bits per heavy atom. The first-order chi connectivity index (χ1) is 9.17. The fourth-order valence-electron chi connectivity index (χ4n) is 3.21. The summed E-state index contributed by atoms with van der Waals surface area (Å²) in [6.07, 6.45) is 3.68. The summed E-state index contributed by atoms with van der Waals surface area (Å²) < 4.78 is 0. The number of rotatable bonds is 4. The van der Waals surface area contributed by atoms with Crippen LogP contribution in [0.5, 0.6) is 0 Å². The molecule has 0 bridgehead atoms. The number of hydrogen-bond donors (Lipinski definition) is 1. The number of nitrogens with two attached hydrogens (primary N) is 1. The minimum absolute atomic E-state index is 0.441. The van der Waals surface area contributed by atoms with Crippen molar-refractivity contribution in [1.82, 2.24) is 4.90 Å². The van der Waals surface area contributed by atoms with Crippen molar-refractivity contribution in [2.24, 2.45) is 11.7 Å². The van der Waals surface area contributed by atoms with Gasteiger partial charge in [0.25, 0.3) is 0 Å². The third-order valence-corrected chi connectivity index (χ3v) is 4.62. The van der Waals surface area contributed by atoms with E-state index in [1.807, 2.05) is 0 Å². The SMILES string of the molecule is CCCN1CCCC(CN)C1c1ccc(C)c(Cl)c1. The second-order valence-corrected chi connectivity index (χ2v) is 6.03. The van der Waals surface area contributed by atoms with Crippen molar-refractivity contribution in [3.05, 3.63) is 34.3 Å². The zero-order valence-electron chi connectivity index (χ0n) is 12.0. The van der Waals surface area contributed by atoms with E-state index in [4.69, 9.17) is 17.3 Å². The Hall–Kier alpha value is -0.570. The molecule has 2 atom stereocenters. The minimum atomic E-state index is 0.441. The number of hydrogen-bond acceptors (Lipinski definition) is 2. The van der Waals surface area contributed by atoms with Crippen LogP contribution >= 0.6 is 11.6 Å². The fourth-order valence-corrected chi connectivity index (χ4v) is 3.40. The first-order valence-electron chi connectivity index (χ1n) is 7.37. The van der Waals surface area contributed by atoms with Gasteiger partial charge in [0.2, 0.25) is 0 Å². The molecule has 1 saturated heterocycles. The first-order valence-corrected chi connectivity index (χ1v) is 7.75. The lowest BCUT2D eigenvalue weighted by atomic mass is 9.84. The molecule has 0 saturated carbocycles. The van der Waals surface area contributed by atoms with Crippen molar-refractivity contribution in [3.8, 4) is 0 Å². The van der Waals surface area contributed by atoms with Gasteiger partial charge in [-0.2, -0.15) is 0 Å². The van der Waals surface area contributed by atoms with Crippen LogP contribution in [0.3, 0.4) is 0 Å². The highest BCUT2D eigenvalue weighted by Crippen LogP contribution is 2.36. The van der Waals surface area contributed by atoms with Gasteiger partial charge in [-0.25, -0.2) is 0 Å². The molecule has 19 heavy (non-hydrogen) atoms. The second kappa shape index (κ2) is 6.74. The third kappa shape index (κ3) is 3.31. The Bertz CT molecular complexity index is 417. The van der Waals surface area contributed by atoms with Crippen LogP contribution in [0.2, 0.25) is 5.02 Å². The number of aryl methyl sites for hydroxylation is 1. The molecule has 0 radical (unpaired) electrons. The molecule has 2 unspecified atom stereocenters. The van der Waals surface area contributed by atoms with Crippen molar-refractivity contribution in [1.29, 1.82) is 0 Å². The molecule has 106 valence electrons. The van der Waals surface area contributed by atoms with Gasteiger partial charge in [-0.05, 0) is 68.9 Å². The molecule has 2 nitrogen and oxygen atoms in total. The Morgan fingerprint density at radius 2 is 2.21 bits per heavy atom. The van der Waals surface area contributed by atoms with E-state index >= 15 is 0 Å². The lowest BCUT2D eigenvalue weighted by molar-refractivity contribution is 0.0960. The van der Waals surface area contributed by atoms with E-state index in [1.54, 1.807) is 0 Å². The summed E-state index contributed by atoms with van der Waals surface area (Å²) in [4.78, 5) is 2.59. The lowest BCUT2D eigenvalue weighted by Crippen LogP contribution is -2.41. The lowest BCUT2D eigenvalue weighted by Gasteiger charge is -2.41. The van der Waals surface area contributed by atoms with E-state index < -0.39 is 0 Å². The Kier molecular flexibility index (Phi) is 5.26. The summed E-state index contributed by atoms with van der Waals surface area (Å²) >= 11 is 6.30. The van der Waals surface area contributed by atoms with Crippen LogP contribution in [0.15, 0.2) is 18.2 Å². The van der Waals surface area contributed by atoms with Crippen molar-refractivity contribution in [3.63, 3.8) is 0 Å². The summed E-state index contributed by atoms with van der Waals surface area (Å²) in [5.41, 5.74) is 8.48. The summed E-state index contributed by atoms with van der Waals surface area (Å²) in [7, 11) is 0. The number of nitrogens with zero attached hydrogens (tertiary/aromatic N) is 1. The van der Waals surface area contributed by atoms with Gasteiger partial charge >= 0.3 is 0 Å². The molecule has 1 fully saturated rings. The molecule has 1 heterocycles. The Labute approximate surface area is 121 Å². The molecule has 0 amide bonds. The smallest absolute Gasteiger partial charge is 0.0438 e. The van der Waals surface area contributed by atoms with Gasteiger partial charge in [0.15, 0.2) is 0 Å². The fraction of sp³-hybridized carbons (Fsp3) is 0.625. The monoisotopic (exact) mass is 280 g/mol. The van der Waals surface area contributed by atoms with E-state index in [-0.39, 0.29) is 0 Å². The van der Waals surface area contributed by atoms with Crippen LogP contribution in [0.1, 0.15) is 43.4 Å². The van der Waals surface area contributed by atoms with Crippen molar-refractivity contribution in [2.45, 2.75) is 39.2 Å². The summed E-state index contributed by atoms with van der Waals surface area (Å²) in [5.74, 6) is 0.555. The molecular weight excluding hydrogens is 256 g/mol. The molecule has 1 aliphatic rings. The van der Waals surface area contributed by atoms with Gasteiger partial charge < -0.3 is 5.73 Å². The topological polar surface area (TPSA) is 29.3 Å². The van der Waals surface area contributed by atoms with Crippen LogP contribution in [0.4, 0.5) is 0 Å². The maximum atomic E-state index is 6.30. The normalized spacial score (nSPS) is 24.6. The molecule has 2 N–H and O–H groups in total. The Morgan fingerprint density at radius 3 is 2.84 bits per heavy atom. The number of likely N-dealkylation sites (tertiary alicyclic amines) is 1. The van der Waals surface area contributed by atoms with Gasteiger partial charge in [0.05, 0.1) is 0 Å². The molecule has 0 aliphatic carbocycles. The molecule has 1 aromatic rings. The van der Waals surface area contributed by atoms with Crippen LogP contribution in [-0.4, -0.2) is 24.5 Å². The quantitative estimate of drug-likeness (QED) is 0.910. The average molecular weight is 281 g/mol. The zero-order valence-corrected chi connectivity index (χ0v) is 12.8. The summed E-state index contributed by atoms with van der Waals surface area (Å²) in [6.45, 7) is 7.38. The predicted octanol–water partition coefficient (Wildman–Crippen LogP) is 3.77. The van der Waals surface area contributed by atoms with Crippen LogP contribution in [0.25, 0.3) is 0 Å². The molecule has 3 heteroatoms. The van der Waals surface area contributed by atoms with Gasteiger partial charge in [-0.15, -0.1) is 0 Å². The van der Waals surface area contributed by atoms with Gasteiger partial charge in [-0.1, -0.05) is 30.7 Å². The van der Waals surface area contributed by atoms with E-state index in [0.29, 0.717) is 12.0 Å². The number of benzene rings is 1. The number of halogens is 1. The standard InChI is InChI=1S/C16H25ClN2/c1-3-8-19-9-4-5-14(11-18)16(19)13-7-6-12(2)15(17)10-13/h6-7,10,14,16H,3-5,8-9,11,18H2,1-2H3. The molecule has 1 aliphatic heterocycles. The van der Waals surface area contributed by atoms with Gasteiger partial charge in [0, 0.05) is 11.1 Å². The minimum Gasteiger partial charge on any atom is -0.330 e. The van der Waals surface area contributed by atoms with Crippen molar-refractivity contribution in [2.75, 3.05) is 19.6 Å². The average Bonchev–Trinajstić information content (AvgIpc) is 2.42. The molecule has 0 aromatic heterocycles. The van der Waals surface area contributed by atoms with Crippen molar-refractivity contribution < 1.29 is 0 Å². The van der Waals surface area contributed by atoms with E-state index in [9.17, 15) is 0 Å². The highest BCUT2D eigenvalue weighted by molar-refractivity contribution is 6.31. The third-order valence-electron chi connectivity index (χ3n) is 4.21.